The molecule has 2 N–H and O–H groups in total. The molecule has 0 amide bonds. The molecule has 0 fully saturated rings. The summed E-state index contributed by atoms with van der Waals surface area (Å²) in [5, 5.41) is 23.7. The fourth-order valence-electron chi connectivity index (χ4n) is 3.29. The van der Waals surface area contributed by atoms with Crippen molar-refractivity contribution in [3.63, 3.8) is 0 Å². The molecule has 2 rings (SSSR count). The summed E-state index contributed by atoms with van der Waals surface area (Å²) < 4.78 is 10.4. The molecule has 1 aromatic carbocycles. The van der Waals surface area contributed by atoms with Gasteiger partial charge in [-0.15, -0.1) is 0 Å². The molecular formula is C21H25N3O7. The third kappa shape index (κ3) is 5.34. The number of ether oxygens (including phenoxy) is 2. The summed E-state index contributed by atoms with van der Waals surface area (Å²) in [6.07, 6.45) is 1.34. The van der Waals surface area contributed by atoms with E-state index in [2.05, 4.69) is 10.3 Å². The van der Waals surface area contributed by atoms with Crippen LogP contribution in [0.25, 0.3) is 0 Å². The normalized spacial score (nSPS) is 16.3. The summed E-state index contributed by atoms with van der Waals surface area (Å²) in [5.41, 5.74) is 0.538. The van der Waals surface area contributed by atoms with Crippen molar-refractivity contribution in [1.29, 1.82) is 0 Å². The van der Waals surface area contributed by atoms with E-state index in [1.54, 1.807) is 26.8 Å². The number of carbonyl (C=O) groups is 2. The molecule has 10 heteroatoms. The Bertz CT molecular complexity index is 950. The van der Waals surface area contributed by atoms with Gasteiger partial charge in [0.2, 0.25) is 0 Å². The van der Waals surface area contributed by atoms with E-state index in [4.69, 9.17) is 14.6 Å². The van der Waals surface area contributed by atoms with Gasteiger partial charge in [-0.2, -0.15) is 0 Å². The third-order valence-corrected chi connectivity index (χ3v) is 4.48. The maximum absolute atomic E-state index is 13.0. The molecule has 0 aliphatic carbocycles. The van der Waals surface area contributed by atoms with Crippen LogP contribution in [0.3, 0.4) is 0 Å². The summed E-state index contributed by atoms with van der Waals surface area (Å²) >= 11 is 0. The molecule has 31 heavy (non-hydrogen) atoms. The SMILES string of the molecule is CCOC(=O)C1=C(C)NC(C=NCCO)=C(C(=O)OCC)C1c1ccccc1[N+](=O)[O-]. The van der Waals surface area contributed by atoms with Gasteiger partial charge in [0.15, 0.2) is 0 Å². The summed E-state index contributed by atoms with van der Waals surface area (Å²) in [6.45, 7) is 4.91. The molecule has 1 aliphatic heterocycles. The molecule has 0 saturated carbocycles. The number of aliphatic hydroxyl groups excluding tert-OH is 1. The van der Waals surface area contributed by atoms with Crippen LogP contribution in [0.5, 0.6) is 0 Å². The maximum atomic E-state index is 13.0. The van der Waals surface area contributed by atoms with Gasteiger partial charge in [-0.05, 0) is 20.8 Å². The van der Waals surface area contributed by atoms with Gasteiger partial charge in [-0.25, -0.2) is 9.59 Å². The van der Waals surface area contributed by atoms with Crippen LogP contribution in [0.15, 0.2) is 51.8 Å². The Morgan fingerprint density at radius 1 is 1.19 bits per heavy atom. The standard InChI is InChI=1S/C21H25N3O7/c1-4-30-20(26)17-13(3)23-15(12-22-10-11-25)19(21(27)31-5-2)18(17)14-8-6-7-9-16(14)24(28)29/h6-9,12,18,23,25H,4-5,10-11H2,1-3H3. The Kier molecular flexibility index (Phi) is 8.44. The number of aliphatic imine (C=N–C) groups is 1. The number of nitro groups is 1. The molecule has 1 aromatic rings. The van der Waals surface area contributed by atoms with Crippen LogP contribution in [-0.4, -0.2) is 54.5 Å². The molecule has 0 spiro atoms. The van der Waals surface area contributed by atoms with Gasteiger partial charge in [0, 0.05) is 23.5 Å². The molecule has 1 unspecified atom stereocenters. The van der Waals surface area contributed by atoms with E-state index >= 15 is 0 Å². The van der Waals surface area contributed by atoms with Crippen molar-refractivity contribution in [2.45, 2.75) is 26.7 Å². The van der Waals surface area contributed by atoms with E-state index in [9.17, 15) is 19.7 Å². The monoisotopic (exact) mass is 431 g/mol. The zero-order valence-electron chi connectivity index (χ0n) is 17.6. The number of rotatable bonds is 9. The third-order valence-electron chi connectivity index (χ3n) is 4.48. The number of esters is 2. The van der Waals surface area contributed by atoms with Crippen LogP contribution in [0, 0.1) is 10.1 Å². The van der Waals surface area contributed by atoms with Crippen LogP contribution < -0.4 is 5.32 Å². The highest BCUT2D eigenvalue weighted by molar-refractivity contribution is 6.04. The minimum absolute atomic E-state index is 0.00788. The van der Waals surface area contributed by atoms with Gasteiger partial charge in [-0.3, -0.25) is 15.1 Å². The van der Waals surface area contributed by atoms with Gasteiger partial charge < -0.3 is 19.9 Å². The van der Waals surface area contributed by atoms with Gasteiger partial charge in [-0.1, -0.05) is 18.2 Å². The Morgan fingerprint density at radius 2 is 1.81 bits per heavy atom. The second-order valence-electron chi connectivity index (χ2n) is 6.44. The number of dihydropyridines is 1. The van der Waals surface area contributed by atoms with E-state index in [-0.39, 0.29) is 54.5 Å². The van der Waals surface area contributed by atoms with Gasteiger partial charge in [0.25, 0.3) is 5.69 Å². The van der Waals surface area contributed by atoms with Crippen LogP contribution in [0.2, 0.25) is 0 Å². The van der Waals surface area contributed by atoms with Crippen molar-refractivity contribution in [3.05, 3.63) is 62.5 Å². The molecule has 0 radical (unpaired) electrons. The predicted octanol–water partition coefficient (Wildman–Crippen LogP) is 2.00. The number of allylic oxidation sites excluding steroid dienone is 2. The van der Waals surface area contributed by atoms with E-state index in [1.165, 1.54) is 24.4 Å². The number of nitro benzene ring substituents is 1. The number of aliphatic hydroxyl groups is 1. The molecule has 0 aromatic heterocycles. The molecule has 1 aliphatic rings. The van der Waals surface area contributed by atoms with Crippen molar-refractivity contribution in [2.75, 3.05) is 26.4 Å². The predicted molar refractivity (Wildman–Crippen MR) is 112 cm³/mol. The first kappa shape index (κ1) is 23.7. The number of nitrogens with zero attached hydrogens (tertiary/aromatic N) is 2. The van der Waals surface area contributed by atoms with Crippen LogP contribution in [-0.2, 0) is 19.1 Å². The second-order valence-corrected chi connectivity index (χ2v) is 6.44. The molecule has 0 saturated heterocycles. The van der Waals surface area contributed by atoms with Crippen LogP contribution >= 0.6 is 0 Å². The average molecular weight is 431 g/mol. The molecule has 166 valence electrons. The van der Waals surface area contributed by atoms with E-state index in [1.807, 2.05) is 0 Å². The summed E-state index contributed by atoms with van der Waals surface area (Å²) in [7, 11) is 0. The number of carbonyl (C=O) groups excluding carboxylic acids is 2. The first-order valence-electron chi connectivity index (χ1n) is 9.77. The van der Waals surface area contributed by atoms with Crippen molar-refractivity contribution in [1.82, 2.24) is 5.32 Å². The number of nitrogens with one attached hydrogen (secondary N) is 1. The molecule has 10 nitrogen and oxygen atoms in total. The first-order valence-corrected chi connectivity index (χ1v) is 9.77. The Balaban J connectivity index is 2.83. The first-order chi connectivity index (χ1) is 14.9. The van der Waals surface area contributed by atoms with Gasteiger partial charge >= 0.3 is 11.9 Å². The fraction of sp³-hybridized carbons (Fsp3) is 0.381. The number of hydrogen-bond acceptors (Lipinski definition) is 9. The topological polar surface area (TPSA) is 140 Å². The maximum Gasteiger partial charge on any atom is 0.337 e. The lowest BCUT2D eigenvalue weighted by molar-refractivity contribution is -0.385. The largest absolute Gasteiger partial charge is 0.463 e. The summed E-state index contributed by atoms with van der Waals surface area (Å²) in [4.78, 5) is 41.0. The molecule has 1 atom stereocenters. The van der Waals surface area contributed by atoms with Crippen molar-refractivity contribution < 1.29 is 29.1 Å². The molecule has 1 heterocycles. The molecule has 0 bridgehead atoms. The number of hydrogen-bond donors (Lipinski definition) is 2. The highest BCUT2D eigenvalue weighted by Gasteiger charge is 2.41. The minimum atomic E-state index is -1.11. The lowest BCUT2D eigenvalue weighted by Crippen LogP contribution is -2.34. The van der Waals surface area contributed by atoms with Crippen molar-refractivity contribution in [3.8, 4) is 0 Å². The van der Waals surface area contributed by atoms with Crippen molar-refractivity contribution >= 4 is 23.8 Å². The summed E-state index contributed by atoms with van der Waals surface area (Å²) in [6, 6.07) is 5.88. The Morgan fingerprint density at radius 3 is 2.39 bits per heavy atom. The van der Waals surface area contributed by atoms with Crippen molar-refractivity contribution in [2.24, 2.45) is 4.99 Å². The number of para-hydroxylation sites is 1. The zero-order chi connectivity index (χ0) is 23.0. The molecular weight excluding hydrogens is 406 g/mol. The lowest BCUT2D eigenvalue weighted by Gasteiger charge is -2.30. The smallest absolute Gasteiger partial charge is 0.337 e. The van der Waals surface area contributed by atoms with E-state index in [0.29, 0.717) is 5.70 Å². The number of benzene rings is 1. The van der Waals surface area contributed by atoms with Gasteiger partial charge in [0.05, 0.1) is 54.0 Å². The fourth-order valence-corrected chi connectivity index (χ4v) is 3.29. The van der Waals surface area contributed by atoms with E-state index < -0.39 is 22.8 Å². The summed E-state index contributed by atoms with van der Waals surface area (Å²) in [5.74, 6) is -2.57. The Labute approximate surface area is 179 Å². The van der Waals surface area contributed by atoms with E-state index in [0.717, 1.165) is 0 Å². The lowest BCUT2D eigenvalue weighted by atomic mass is 9.79. The average Bonchev–Trinajstić information content (AvgIpc) is 2.73. The zero-order valence-corrected chi connectivity index (χ0v) is 17.6. The Hall–Kier alpha value is -3.53. The van der Waals surface area contributed by atoms with Gasteiger partial charge in [0.1, 0.15) is 0 Å². The highest BCUT2D eigenvalue weighted by atomic mass is 16.6. The quantitative estimate of drug-likeness (QED) is 0.262. The highest BCUT2D eigenvalue weighted by Crippen LogP contribution is 2.42. The minimum Gasteiger partial charge on any atom is -0.463 e. The second kappa shape index (κ2) is 11.0. The van der Waals surface area contributed by atoms with Crippen LogP contribution in [0.1, 0.15) is 32.3 Å². The van der Waals surface area contributed by atoms with Crippen LogP contribution in [0.4, 0.5) is 5.69 Å².